The van der Waals surface area contributed by atoms with Crippen molar-refractivity contribution in [2.24, 2.45) is 0 Å². The van der Waals surface area contributed by atoms with Gasteiger partial charge in [0.05, 0.1) is 0 Å². The normalized spacial score (nSPS) is 17.7. The van der Waals surface area contributed by atoms with Gasteiger partial charge in [0, 0.05) is 18.4 Å². The van der Waals surface area contributed by atoms with Gasteiger partial charge in [-0.25, -0.2) is 0 Å². The summed E-state index contributed by atoms with van der Waals surface area (Å²) in [4.78, 5) is 0. The molecule has 1 fully saturated rings. The van der Waals surface area contributed by atoms with E-state index in [1.807, 2.05) is 19.2 Å². The Morgan fingerprint density at radius 1 is 1.20 bits per heavy atom. The van der Waals surface area contributed by atoms with Crippen molar-refractivity contribution in [3.8, 4) is 0 Å². The summed E-state index contributed by atoms with van der Waals surface area (Å²) in [6.07, 6.45) is 6.81. The molecule has 2 rings (SSSR count). The summed E-state index contributed by atoms with van der Waals surface area (Å²) in [7, 11) is 1.97. The molecule has 0 atom stereocenters. The maximum absolute atomic E-state index is 5.79. The summed E-state index contributed by atoms with van der Waals surface area (Å²) >= 11 is 0. The van der Waals surface area contributed by atoms with Crippen molar-refractivity contribution in [2.45, 2.75) is 38.0 Å². The fourth-order valence-electron chi connectivity index (χ4n) is 2.56. The van der Waals surface area contributed by atoms with Crippen molar-refractivity contribution in [3.05, 3.63) is 23.8 Å². The zero-order valence-electron chi connectivity index (χ0n) is 9.42. The van der Waals surface area contributed by atoms with E-state index in [9.17, 15) is 0 Å². The molecule has 0 aromatic heterocycles. The molecule has 0 aliphatic heterocycles. The van der Waals surface area contributed by atoms with Gasteiger partial charge in [0.25, 0.3) is 0 Å². The second kappa shape index (κ2) is 4.56. The molecular weight excluding hydrogens is 184 g/mol. The minimum Gasteiger partial charge on any atom is -0.399 e. The first-order chi connectivity index (χ1) is 7.31. The van der Waals surface area contributed by atoms with Crippen LogP contribution in [0.15, 0.2) is 18.2 Å². The van der Waals surface area contributed by atoms with Crippen molar-refractivity contribution in [3.63, 3.8) is 0 Å². The van der Waals surface area contributed by atoms with Gasteiger partial charge in [-0.05, 0) is 36.5 Å². The number of rotatable bonds is 2. The zero-order chi connectivity index (χ0) is 10.7. The second-order valence-electron chi connectivity index (χ2n) is 4.43. The van der Waals surface area contributed by atoms with Gasteiger partial charge in [0.1, 0.15) is 0 Å². The van der Waals surface area contributed by atoms with Gasteiger partial charge in [0.15, 0.2) is 0 Å². The van der Waals surface area contributed by atoms with Crippen LogP contribution >= 0.6 is 0 Å². The highest BCUT2D eigenvalue weighted by Crippen LogP contribution is 2.36. The van der Waals surface area contributed by atoms with Crippen LogP contribution in [0.1, 0.15) is 43.6 Å². The maximum Gasteiger partial charge on any atom is 0.0393 e. The summed E-state index contributed by atoms with van der Waals surface area (Å²) < 4.78 is 0. The molecule has 0 amide bonds. The minimum absolute atomic E-state index is 0.738. The highest BCUT2D eigenvalue weighted by molar-refractivity contribution is 5.60. The van der Waals surface area contributed by atoms with Gasteiger partial charge in [-0.1, -0.05) is 25.3 Å². The van der Waals surface area contributed by atoms with Crippen LogP contribution in [-0.4, -0.2) is 7.05 Å². The molecule has 1 aliphatic carbocycles. The molecule has 0 radical (unpaired) electrons. The number of hydrogen-bond acceptors (Lipinski definition) is 2. The molecule has 2 heteroatoms. The summed E-state index contributed by atoms with van der Waals surface area (Å²) in [5.41, 5.74) is 9.30. The lowest BCUT2D eigenvalue weighted by Crippen LogP contribution is -2.07. The highest BCUT2D eigenvalue weighted by atomic mass is 14.8. The van der Waals surface area contributed by atoms with Gasteiger partial charge in [-0.3, -0.25) is 0 Å². The molecule has 1 aliphatic rings. The lowest BCUT2D eigenvalue weighted by atomic mass is 9.83. The molecule has 1 saturated carbocycles. The monoisotopic (exact) mass is 204 g/mol. The zero-order valence-corrected chi connectivity index (χ0v) is 9.42. The Bertz CT molecular complexity index is 327. The number of nitrogen functional groups attached to an aromatic ring is 1. The van der Waals surface area contributed by atoms with Gasteiger partial charge >= 0.3 is 0 Å². The molecule has 82 valence electrons. The first-order valence-corrected chi connectivity index (χ1v) is 5.88. The fourth-order valence-corrected chi connectivity index (χ4v) is 2.56. The van der Waals surface area contributed by atoms with Crippen LogP contribution in [0.5, 0.6) is 0 Å². The van der Waals surface area contributed by atoms with E-state index in [0.29, 0.717) is 0 Å². The highest BCUT2D eigenvalue weighted by Gasteiger charge is 2.17. The van der Waals surface area contributed by atoms with Crippen LogP contribution < -0.4 is 11.1 Å². The van der Waals surface area contributed by atoms with E-state index in [1.54, 1.807) is 0 Å². The summed E-state index contributed by atoms with van der Waals surface area (Å²) in [6, 6.07) is 6.26. The number of nitrogens with two attached hydrogens (primary N) is 1. The molecule has 0 unspecified atom stereocenters. The standard InChI is InChI=1S/C13H20N2/c1-15-13-9-11(14)7-8-12(13)10-5-3-2-4-6-10/h7-10,15H,2-6,14H2,1H3. The molecule has 0 spiro atoms. The summed E-state index contributed by atoms with van der Waals surface area (Å²) in [5.74, 6) is 0.738. The Morgan fingerprint density at radius 3 is 2.60 bits per heavy atom. The van der Waals surface area contributed by atoms with E-state index < -0.39 is 0 Å². The molecule has 1 aromatic rings. The van der Waals surface area contributed by atoms with Crippen LogP contribution in [0.2, 0.25) is 0 Å². The Hall–Kier alpha value is -1.18. The molecule has 0 saturated heterocycles. The SMILES string of the molecule is CNc1cc(N)ccc1C1CCCCC1. The first-order valence-electron chi connectivity index (χ1n) is 5.88. The molecule has 0 bridgehead atoms. The van der Waals surface area contributed by atoms with Crippen LogP contribution in [-0.2, 0) is 0 Å². The van der Waals surface area contributed by atoms with Crippen molar-refractivity contribution >= 4 is 11.4 Å². The maximum atomic E-state index is 5.79. The Kier molecular flexibility index (Phi) is 3.14. The van der Waals surface area contributed by atoms with Gasteiger partial charge in [0.2, 0.25) is 0 Å². The summed E-state index contributed by atoms with van der Waals surface area (Å²) in [5, 5.41) is 3.25. The average Bonchev–Trinajstić information content (AvgIpc) is 2.30. The van der Waals surface area contributed by atoms with Crippen LogP contribution in [0.25, 0.3) is 0 Å². The van der Waals surface area contributed by atoms with Crippen LogP contribution in [0, 0.1) is 0 Å². The van der Waals surface area contributed by atoms with Crippen LogP contribution in [0.4, 0.5) is 11.4 Å². The van der Waals surface area contributed by atoms with Gasteiger partial charge < -0.3 is 11.1 Å². The molecule has 15 heavy (non-hydrogen) atoms. The fraction of sp³-hybridized carbons (Fsp3) is 0.538. The lowest BCUT2D eigenvalue weighted by molar-refractivity contribution is 0.444. The van der Waals surface area contributed by atoms with E-state index in [2.05, 4.69) is 11.4 Å². The van der Waals surface area contributed by atoms with Crippen molar-refractivity contribution in [1.82, 2.24) is 0 Å². The lowest BCUT2D eigenvalue weighted by Gasteiger charge is -2.24. The number of benzene rings is 1. The Balaban J connectivity index is 2.25. The van der Waals surface area contributed by atoms with E-state index in [-0.39, 0.29) is 0 Å². The second-order valence-corrected chi connectivity index (χ2v) is 4.43. The predicted molar refractivity (Wildman–Crippen MR) is 66.2 cm³/mol. The van der Waals surface area contributed by atoms with Crippen molar-refractivity contribution in [1.29, 1.82) is 0 Å². The third kappa shape index (κ3) is 2.25. The largest absolute Gasteiger partial charge is 0.399 e. The third-order valence-corrected chi connectivity index (χ3v) is 3.39. The molecule has 2 nitrogen and oxygen atoms in total. The predicted octanol–water partition coefficient (Wildman–Crippen LogP) is 3.36. The smallest absolute Gasteiger partial charge is 0.0393 e. The van der Waals surface area contributed by atoms with Crippen LogP contribution in [0.3, 0.4) is 0 Å². The summed E-state index contributed by atoms with van der Waals surface area (Å²) in [6.45, 7) is 0. The Labute approximate surface area is 91.9 Å². The topological polar surface area (TPSA) is 38.0 Å². The van der Waals surface area contributed by atoms with Gasteiger partial charge in [-0.15, -0.1) is 0 Å². The van der Waals surface area contributed by atoms with E-state index in [0.717, 1.165) is 11.6 Å². The average molecular weight is 204 g/mol. The van der Waals surface area contributed by atoms with Crippen molar-refractivity contribution < 1.29 is 0 Å². The van der Waals surface area contributed by atoms with E-state index in [4.69, 9.17) is 5.73 Å². The molecular formula is C13H20N2. The Morgan fingerprint density at radius 2 is 1.93 bits per heavy atom. The van der Waals surface area contributed by atoms with Crippen molar-refractivity contribution in [2.75, 3.05) is 18.1 Å². The van der Waals surface area contributed by atoms with E-state index in [1.165, 1.54) is 43.4 Å². The molecule has 3 N–H and O–H groups in total. The molecule has 0 heterocycles. The third-order valence-electron chi connectivity index (χ3n) is 3.39. The molecule has 1 aromatic carbocycles. The number of anilines is 2. The number of hydrogen-bond donors (Lipinski definition) is 2. The first kappa shape index (κ1) is 10.3. The minimum atomic E-state index is 0.738. The van der Waals surface area contributed by atoms with Gasteiger partial charge in [-0.2, -0.15) is 0 Å². The number of nitrogens with one attached hydrogen (secondary N) is 1. The quantitative estimate of drug-likeness (QED) is 0.725. The van der Waals surface area contributed by atoms with E-state index >= 15 is 0 Å².